The minimum absolute atomic E-state index is 0.0267. The average molecular weight is 257 g/mol. The Hall–Kier alpha value is -1.53. The maximum Gasteiger partial charge on any atom is 0.197 e. The number of aliphatic imine (C=N–C) groups is 1. The first-order chi connectivity index (χ1) is 7.56. The third-order valence-corrected chi connectivity index (χ3v) is 2.59. The van der Waals surface area contributed by atoms with Crippen molar-refractivity contribution in [3.63, 3.8) is 0 Å². The number of nitrogens with zero attached hydrogens (tertiary/aromatic N) is 1. The van der Waals surface area contributed by atoms with E-state index < -0.39 is 0 Å². The Balaban J connectivity index is 2.33. The van der Waals surface area contributed by atoms with Crippen molar-refractivity contribution in [1.29, 1.82) is 0 Å². The van der Waals surface area contributed by atoms with E-state index in [0.29, 0.717) is 5.11 Å². The Morgan fingerprint density at radius 2 is 2.25 bits per heavy atom. The van der Waals surface area contributed by atoms with Gasteiger partial charge >= 0.3 is 0 Å². The molecule has 5 nitrogen and oxygen atoms in total. The molecule has 0 saturated heterocycles. The topological polar surface area (TPSA) is 82.7 Å². The monoisotopic (exact) mass is 256 g/mol. The van der Waals surface area contributed by atoms with Crippen LogP contribution in [-0.4, -0.2) is 16.2 Å². The van der Waals surface area contributed by atoms with Gasteiger partial charge in [-0.3, -0.25) is 0 Å². The Morgan fingerprint density at radius 3 is 2.88 bits per heavy atom. The van der Waals surface area contributed by atoms with Crippen molar-refractivity contribution in [1.82, 2.24) is 10.6 Å². The highest BCUT2D eigenvalue weighted by atomic mass is 35.5. The highest BCUT2D eigenvalue weighted by Crippen LogP contribution is 2.27. The lowest BCUT2D eigenvalue weighted by molar-refractivity contribution is 0.475. The number of aromatic hydroxyl groups is 1. The molecule has 0 radical (unpaired) electrons. The molecule has 1 aliphatic rings. The van der Waals surface area contributed by atoms with Gasteiger partial charge in [0.2, 0.25) is 0 Å². The van der Waals surface area contributed by atoms with Gasteiger partial charge in [-0.1, -0.05) is 17.7 Å². The molecule has 1 aromatic rings. The quantitative estimate of drug-likeness (QED) is 0.560. The second-order valence-electron chi connectivity index (χ2n) is 3.23. The number of hydrogen-bond acceptors (Lipinski definition) is 4. The molecule has 84 valence electrons. The summed E-state index contributed by atoms with van der Waals surface area (Å²) in [6, 6.07) is 4.80. The van der Waals surface area contributed by atoms with Crippen LogP contribution in [0.5, 0.6) is 5.75 Å². The molecule has 7 heteroatoms. The van der Waals surface area contributed by atoms with E-state index in [1.165, 1.54) is 6.07 Å². The molecule has 0 fully saturated rings. The predicted octanol–water partition coefficient (Wildman–Crippen LogP) is 0.837. The molecule has 0 spiro atoms. The first-order valence-electron chi connectivity index (χ1n) is 4.45. The van der Waals surface area contributed by atoms with Crippen LogP contribution in [0.3, 0.4) is 0 Å². The van der Waals surface area contributed by atoms with Crippen molar-refractivity contribution in [3.8, 4) is 5.75 Å². The molecule has 0 saturated carbocycles. The largest absolute Gasteiger partial charge is 0.506 e. The van der Waals surface area contributed by atoms with Crippen LogP contribution in [0.2, 0.25) is 5.02 Å². The van der Waals surface area contributed by atoms with Crippen LogP contribution in [0.25, 0.3) is 0 Å². The van der Waals surface area contributed by atoms with Crippen LogP contribution in [-0.2, 0) is 0 Å². The zero-order valence-corrected chi connectivity index (χ0v) is 9.64. The molecule has 16 heavy (non-hydrogen) atoms. The van der Waals surface area contributed by atoms with E-state index in [1.54, 1.807) is 12.1 Å². The van der Waals surface area contributed by atoms with E-state index >= 15 is 0 Å². The Bertz CT molecular complexity index is 477. The number of rotatable bonds is 1. The van der Waals surface area contributed by atoms with Gasteiger partial charge < -0.3 is 21.5 Å². The zero-order valence-electron chi connectivity index (χ0n) is 8.07. The summed E-state index contributed by atoms with van der Waals surface area (Å²) in [7, 11) is 0. The summed E-state index contributed by atoms with van der Waals surface area (Å²) >= 11 is 10.8. The first-order valence-corrected chi connectivity index (χ1v) is 5.24. The summed E-state index contributed by atoms with van der Waals surface area (Å²) < 4.78 is 0. The highest BCUT2D eigenvalue weighted by Gasteiger charge is 2.17. The van der Waals surface area contributed by atoms with Crippen LogP contribution < -0.4 is 16.4 Å². The Morgan fingerprint density at radius 1 is 1.50 bits per heavy atom. The third kappa shape index (κ3) is 2.17. The third-order valence-electron chi connectivity index (χ3n) is 2.07. The maximum atomic E-state index is 9.30. The van der Waals surface area contributed by atoms with Gasteiger partial charge in [0.1, 0.15) is 11.9 Å². The SMILES string of the molecule is NC1=N[C@@H](c2ccc(O)c(Cl)c2)NC(=S)N1. The average Bonchev–Trinajstić information content (AvgIpc) is 2.20. The Labute approximate surface area is 102 Å². The summed E-state index contributed by atoms with van der Waals surface area (Å²) in [6.45, 7) is 0. The molecule has 0 aliphatic carbocycles. The lowest BCUT2D eigenvalue weighted by Crippen LogP contribution is -2.49. The van der Waals surface area contributed by atoms with Crippen molar-refractivity contribution in [2.75, 3.05) is 0 Å². The van der Waals surface area contributed by atoms with Crippen LogP contribution >= 0.6 is 23.8 Å². The van der Waals surface area contributed by atoms with Gasteiger partial charge in [-0.2, -0.15) is 0 Å². The summed E-state index contributed by atoms with van der Waals surface area (Å²) in [4.78, 5) is 4.12. The van der Waals surface area contributed by atoms with Gasteiger partial charge in [0, 0.05) is 0 Å². The van der Waals surface area contributed by atoms with Crippen molar-refractivity contribution < 1.29 is 5.11 Å². The van der Waals surface area contributed by atoms with Gasteiger partial charge in [0.25, 0.3) is 0 Å². The van der Waals surface area contributed by atoms with Crippen molar-refractivity contribution in [2.24, 2.45) is 10.7 Å². The van der Waals surface area contributed by atoms with Crippen LogP contribution in [0.15, 0.2) is 23.2 Å². The summed E-state index contributed by atoms with van der Waals surface area (Å²) in [5, 5.41) is 15.6. The fraction of sp³-hybridized carbons (Fsp3) is 0.111. The lowest BCUT2D eigenvalue weighted by Gasteiger charge is -2.23. The van der Waals surface area contributed by atoms with E-state index in [-0.39, 0.29) is 22.9 Å². The summed E-state index contributed by atoms with van der Waals surface area (Å²) in [5.41, 5.74) is 6.32. The number of thiocarbonyl (C=S) groups is 1. The van der Waals surface area contributed by atoms with Gasteiger partial charge in [-0.05, 0) is 29.9 Å². The zero-order chi connectivity index (χ0) is 11.7. The molecular weight excluding hydrogens is 248 g/mol. The number of benzene rings is 1. The normalized spacial score (nSPS) is 19.7. The predicted molar refractivity (Wildman–Crippen MR) is 66.3 cm³/mol. The van der Waals surface area contributed by atoms with Crippen LogP contribution in [0, 0.1) is 0 Å². The number of halogens is 1. The van der Waals surface area contributed by atoms with Crippen LogP contribution in [0.4, 0.5) is 0 Å². The molecule has 0 amide bonds. The molecule has 1 atom stereocenters. The van der Waals surface area contributed by atoms with Crippen LogP contribution in [0.1, 0.15) is 11.7 Å². The second-order valence-corrected chi connectivity index (χ2v) is 4.04. The van der Waals surface area contributed by atoms with Gasteiger partial charge in [-0.25, -0.2) is 4.99 Å². The number of guanidine groups is 1. The highest BCUT2D eigenvalue weighted by molar-refractivity contribution is 7.80. The molecular formula is C9H9ClN4OS. The number of hydrogen-bond donors (Lipinski definition) is 4. The van der Waals surface area contributed by atoms with E-state index in [0.717, 1.165) is 5.56 Å². The molecule has 1 aromatic carbocycles. The molecule has 1 aliphatic heterocycles. The van der Waals surface area contributed by atoms with Crippen molar-refractivity contribution in [3.05, 3.63) is 28.8 Å². The van der Waals surface area contributed by atoms with Gasteiger partial charge in [0.05, 0.1) is 5.02 Å². The van der Waals surface area contributed by atoms with E-state index in [4.69, 9.17) is 29.6 Å². The van der Waals surface area contributed by atoms with Crippen molar-refractivity contribution >= 4 is 34.9 Å². The molecule has 0 aromatic heterocycles. The fourth-order valence-corrected chi connectivity index (χ4v) is 1.74. The van der Waals surface area contributed by atoms with Gasteiger partial charge in [0.15, 0.2) is 11.1 Å². The molecule has 5 N–H and O–H groups in total. The lowest BCUT2D eigenvalue weighted by atomic mass is 10.1. The molecule has 1 heterocycles. The first kappa shape index (κ1) is 11.0. The standard InChI is InChI=1S/C9H9ClN4OS/c10-5-3-4(1-2-6(5)15)7-12-8(11)14-9(16)13-7/h1-3,7,15H,(H4,11,12,13,14,16)/t7-/m1/s1. The smallest absolute Gasteiger partial charge is 0.197 e. The number of phenolic OH excluding ortho intramolecular Hbond substituents is 1. The molecule has 2 rings (SSSR count). The van der Waals surface area contributed by atoms with E-state index in [2.05, 4.69) is 15.6 Å². The minimum atomic E-state index is -0.383. The molecule has 0 bridgehead atoms. The number of phenols is 1. The summed E-state index contributed by atoms with van der Waals surface area (Å²) in [5.74, 6) is 0.275. The minimum Gasteiger partial charge on any atom is -0.506 e. The van der Waals surface area contributed by atoms with Crippen molar-refractivity contribution in [2.45, 2.75) is 6.17 Å². The second kappa shape index (κ2) is 4.15. The Kier molecular flexibility index (Phi) is 2.84. The number of nitrogens with two attached hydrogens (primary N) is 1. The number of nitrogens with one attached hydrogen (secondary N) is 2. The summed E-state index contributed by atoms with van der Waals surface area (Å²) in [6.07, 6.45) is -0.383. The van der Waals surface area contributed by atoms with E-state index in [9.17, 15) is 5.11 Å². The van der Waals surface area contributed by atoms with E-state index in [1.807, 2.05) is 0 Å². The maximum absolute atomic E-state index is 9.30. The fourth-order valence-electron chi connectivity index (χ4n) is 1.33. The van der Waals surface area contributed by atoms with Gasteiger partial charge in [-0.15, -0.1) is 0 Å². The molecule has 0 unspecified atom stereocenters.